The number of nitrogens with one attached hydrogen (secondary N) is 1. The zero-order valence-corrected chi connectivity index (χ0v) is 15.6. The number of aryl methyl sites for hydroxylation is 1. The third-order valence-corrected chi connectivity index (χ3v) is 5.81. The third kappa shape index (κ3) is 3.23. The summed E-state index contributed by atoms with van der Waals surface area (Å²) < 4.78 is 7.55. The van der Waals surface area contributed by atoms with Gasteiger partial charge in [0, 0.05) is 62.7 Å². The number of pyridine rings is 1. The van der Waals surface area contributed by atoms with Crippen LogP contribution < -0.4 is 10.2 Å². The molecule has 5 rings (SSSR count). The van der Waals surface area contributed by atoms with Crippen LogP contribution in [0.4, 0.5) is 17.3 Å². The number of hydrogen-bond donors (Lipinski definition) is 1. The molecule has 27 heavy (non-hydrogen) atoms. The summed E-state index contributed by atoms with van der Waals surface area (Å²) in [6.45, 7) is 5.84. The van der Waals surface area contributed by atoms with Crippen molar-refractivity contribution in [2.75, 3.05) is 36.5 Å². The van der Waals surface area contributed by atoms with Crippen LogP contribution in [0.5, 0.6) is 0 Å². The molecule has 0 radical (unpaired) electrons. The van der Waals surface area contributed by atoms with Crippen LogP contribution in [0, 0.1) is 12.3 Å². The fourth-order valence-corrected chi connectivity index (χ4v) is 4.26. The van der Waals surface area contributed by atoms with Gasteiger partial charge in [-0.1, -0.05) is 0 Å². The molecule has 3 aromatic rings. The lowest BCUT2D eigenvalue weighted by Crippen LogP contribution is -2.33. The standard InChI is InChI=1S/C20H24N6O/c1-15-22-17(24-16-2-7-25-9-6-21-18(25)12-16)13-19(23-15)26-8-3-20(14-26)4-10-27-11-5-20/h2,6-7,9,12-13H,3-5,8,10-11,14H2,1H3,(H,22,23,24). The minimum absolute atomic E-state index is 0.399. The van der Waals surface area contributed by atoms with Gasteiger partial charge in [0.15, 0.2) is 0 Å². The van der Waals surface area contributed by atoms with E-state index in [1.165, 1.54) is 6.42 Å². The summed E-state index contributed by atoms with van der Waals surface area (Å²) in [7, 11) is 0. The normalized spacial score (nSPS) is 19.1. The zero-order chi connectivity index (χ0) is 18.3. The van der Waals surface area contributed by atoms with Crippen LogP contribution in [0.1, 0.15) is 25.1 Å². The Hall–Kier alpha value is -2.67. The van der Waals surface area contributed by atoms with Crippen LogP contribution in [0.15, 0.2) is 36.8 Å². The van der Waals surface area contributed by atoms with E-state index < -0.39 is 0 Å². The van der Waals surface area contributed by atoms with Gasteiger partial charge in [-0.05, 0) is 37.7 Å². The van der Waals surface area contributed by atoms with E-state index in [0.29, 0.717) is 5.41 Å². The minimum Gasteiger partial charge on any atom is -0.381 e. The van der Waals surface area contributed by atoms with E-state index in [4.69, 9.17) is 9.72 Å². The Bertz CT molecular complexity index is 962. The average Bonchev–Trinajstić information content (AvgIpc) is 3.29. The number of aromatic nitrogens is 4. The maximum absolute atomic E-state index is 5.57. The number of imidazole rings is 1. The summed E-state index contributed by atoms with van der Waals surface area (Å²) in [6.07, 6.45) is 9.26. The van der Waals surface area contributed by atoms with Gasteiger partial charge in [-0.2, -0.15) is 0 Å². The summed E-state index contributed by atoms with van der Waals surface area (Å²) in [5.41, 5.74) is 2.28. The van der Waals surface area contributed by atoms with Gasteiger partial charge in [0.2, 0.25) is 0 Å². The van der Waals surface area contributed by atoms with Gasteiger partial charge < -0.3 is 19.4 Å². The summed E-state index contributed by atoms with van der Waals surface area (Å²) in [4.78, 5) is 16.0. The number of nitrogens with zero attached hydrogens (tertiary/aromatic N) is 5. The Morgan fingerprint density at radius 2 is 2.00 bits per heavy atom. The van der Waals surface area contributed by atoms with Gasteiger partial charge in [0.1, 0.15) is 23.1 Å². The highest BCUT2D eigenvalue weighted by Gasteiger charge is 2.39. The molecule has 2 aliphatic rings. The molecule has 2 saturated heterocycles. The first-order chi connectivity index (χ1) is 13.2. The smallest absolute Gasteiger partial charge is 0.138 e. The van der Waals surface area contributed by atoms with Crippen LogP contribution in [0.2, 0.25) is 0 Å². The molecule has 0 bridgehead atoms. The monoisotopic (exact) mass is 364 g/mol. The molecule has 7 nitrogen and oxygen atoms in total. The second-order valence-electron chi connectivity index (χ2n) is 7.68. The Labute approximate surface area is 158 Å². The van der Waals surface area contributed by atoms with Gasteiger partial charge >= 0.3 is 0 Å². The lowest BCUT2D eigenvalue weighted by molar-refractivity contribution is 0.0254. The molecule has 0 saturated carbocycles. The molecule has 0 amide bonds. The molecule has 1 N–H and O–H groups in total. The molecule has 5 heterocycles. The Balaban J connectivity index is 1.38. The highest BCUT2D eigenvalue weighted by atomic mass is 16.5. The van der Waals surface area contributed by atoms with E-state index in [-0.39, 0.29) is 0 Å². The summed E-state index contributed by atoms with van der Waals surface area (Å²) in [5, 5.41) is 3.41. The predicted molar refractivity (Wildman–Crippen MR) is 105 cm³/mol. The first-order valence-corrected chi connectivity index (χ1v) is 9.57. The molecule has 0 aromatic carbocycles. The number of anilines is 3. The van der Waals surface area contributed by atoms with Gasteiger partial charge in [0.25, 0.3) is 0 Å². The second-order valence-corrected chi connectivity index (χ2v) is 7.68. The van der Waals surface area contributed by atoms with Crippen LogP contribution in [-0.4, -0.2) is 45.7 Å². The summed E-state index contributed by atoms with van der Waals surface area (Å²) >= 11 is 0. The van der Waals surface area contributed by atoms with Crippen molar-refractivity contribution in [1.82, 2.24) is 19.4 Å². The van der Waals surface area contributed by atoms with Crippen LogP contribution in [0.25, 0.3) is 5.65 Å². The first kappa shape index (κ1) is 16.5. The Morgan fingerprint density at radius 1 is 1.11 bits per heavy atom. The SMILES string of the molecule is Cc1nc(Nc2ccn3ccnc3c2)cc(N2CCC3(CCOCC3)C2)n1. The van der Waals surface area contributed by atoms with E-state index in [9.17, 15) is 0 Å². The topological polar surface area (TPSA) is 67.6 Å². The average molecular weight is 364 g/mol. The molecular weight excluding hydrogens is 340 g/mol. The fraction of sp³-hybridized carbons (Fsp3) is 0.450. The van der Waals surface area contributed by atoms with E-state index in [0.717, 1.165) is 67.9 Å². The molecule has 0 aliphatic carbocycles. The van der Waals surface area contributed by atoms with Crippen molar-refractivity contribution in [3.05, 3.63) is 42.6 Å². The number of hydrogen-bond acceptors (Lipinski definition) is 6. The van der Waals surface area contributed by atoms with E-state index in [1.54, 1.807) is 6.20 Å². The maximum atomic E-state index is 5.57. The largest absolute Gasteiger partial charge is 0.381 e. The third-order valence-electron chi connectivity index (χ3n) is 5.81. The maximum Gasteiger partial charge on any atom is 0.138 e. The Kier molecular flexibility index (Phi) is 3.97. The van der Waals surface area contributed by atoms with Crippen molar-refractivity contribution < 1.29 is 4.74 Å². The number of rotatable bonds is 3. The van der Waals surface area contributed by atoms with Gasteiger partial charge in [-0.15, -0.1) is 0 Å². The van der Waals surface area contributed by atoms with Gasteiger partial charge in [-0.3, -0.25) is 0 Å². The Morgan fingerprint density at radius 3 is 2.89 bits per heavy atom. The van der Waals surface area contributed by atoms with Crippen molar-refractivity contribution in [3.63, 3.8) is 0 Å². The van der Waals surface area contributed by atoms with Crippen LogP contribution in [0.3, 0.4) is 0 Å². The molecule has 0 unspecified atom stereocenters. The molecule has 2 aliphatic heterocycles. The van der Waals surface area contributed by atoms with Crippen LogP contribution >= 0.6 is 0 Å². The summed E-state index contributed by atoms with van der Waals surface area (Å²) in [5.74, 6) is 2.61. The van der Waals surface area contributed by atoms with Gasteiger partial charge in [0.05, 0.1) is 0 Å². The van der Waals surface area contributed by atoms with Crippen molar-refractivity contribution >= 4 is 23.0 Å². The molecule has 0 atom stereocenters. The highest BCUT2D eigenvalue weighted by Crippen LogP contribution is 2.41. The first-order valence-electron chi connectivity index (χ1n) is 9.57. The van der Waals surface area contributed by atoms with Crippen molar-refractivity contribution in [2.45, 2.75) is 26.2 Å². The van der Waals surface area contributed by atoms with E-state index in [1.807, 2.05) is 35.9 Å². The predicted octanol–water partition coefficient (Wildman–Crippen LogP) is 3.18. The highest BCUT2D eigenvalue weighted by molar-refractivity contribution is 5.63. The number of ether oxygens (including phenoxy) is 1. The van der Waals surface area contributed by atoms with E-state index >= 15 is 0 Å². The van der Waals surface area contributed by atoms with Crippen molar-refractivity contribution in [3.8, 4) is 0 Å². The lowest BCUT2D eigenvalue weighted by atomic mass is 9.80. The molecule has 7 heteroatoms. The molecule has 1 spiro atoms. The van der Waals surface area contributed by atoms with Crippen molar-refractivity contribution in [1.29, 1.82) is 0 Å². The summed E-state index contributed by atoms with van der Waals surface area (Å²) in [6, 6.07) is 6.10. The van der Waals surface area contributed by atoms with Crippen molar-refractivity contribution in [2.24, 2.45) is 5.41 Å². The molecule has 140 valence electrons. The minimum atomic E-state index is 0.399. The zero-order valence-electron chi connectivity index (χ0n) is 15.6. The fourth-order valence-electron chi connectivity index (χ4n) is 4.26. The molecule has 2 fully saturated rings. The molecular formula is C20H24N6O. The lowest BCUT2D eigenvalue weighted by Gasteiger charge is -2.33. The van der Waals surface area contributed by atoms with Crippen LogP contribution in [-0.2, 0) is 4.74 Å². The molecule has 3 aromatic heterocycles. The quantitative estimate of drug-likeness (QED) is 0.770. The number of fused-ring (bicyclic) bond motifs is 1. The van der Waals surface area contributed by atoms with E-state index in [2.05, 4.69) is 26.3 Å². The van der Waals surface area contributed by atoms with Gasteiger partial charge in [-0.25, -0.2) is 15.0 Å². The second kappa shape index (κ2) is 6.49.